The van der Waals surface area contributed by atoms with Gasteiger partial charge >= 0.3 is 0 Å². The average Bonchev–Trinajstić information content (AvgIpc) is 2.40. The van der Waals surface area contributed by atoms with Crippen LogP contribution >= 0.6 is 23.4 Å². The van der Waals surface area contributed by atoms with Crippen LogP contribution in [0.15, 0.2) is 41.3 Å². The van der Waals surface area contributed by atoms with Crippen molar-refractivity contribution in [3.8, 4) is 0 Å². The summed E-state index contributed by atoms with van der Waals surface area (Å²) in [5.74, 6) is -0.640. The summed E-state index contributed by atoms with van der Waals surface area (Å²) in [6.45, 7) is 0.434. The van der Waals surface area contributed by atoms with Gasteiger partial charge in [-0.3, -0.25) is 0 Å². The summed E-state index contributed by atoms with van der Waals surface area (Å²) < 4.78 is 27.8. The summed E-state index contributed by atoms with van der Waals surface area (Å²) in [5.41, 5.74) is 1.45. The van der Waals surface area contributed by atoms with Gasteiger partial charge in [0.15, 0.2) is 0 Å². The van der Waals surface area contributed by atoms with Crippen LogP contribution in [-0.2, 0) is 12.3 Å². The van der Waals surface area contributed by atoms with Gasteiger partial charge in [0.25, 0.3) is 0 Å². The predicted octanol–water partition coefficient (Wildman–Crippen LogP) is 4.63. The van der Waals surface area contributed by atoms with Gasteiger partial charge in [0, 0.05) is 17.3 Å². The van der Waals surface area contributed by atoms with Crippen molar-refractivity contribution in [1.29, 1.82) is 0 Å². The number of nitrogens with one attached hydrogen (secondary N) is 1. The van der Waals surface area contributed by atoms with Crippen molar-refractivity contribution in [2.24, 2.45) is 0 Å². The molecule has 0 atom stereocenters. The lowest BCUT2D eigenvalue weighted by atomic mass is 10.2. The first-order valence-corrected chi connectivity index (χ1v) is 7.47. The number of thioether (sulfide) groups is 1. The Balaban J connectivity index is 2.16. The minimum atomic E-state index is -0.535. The second-order valence-corrected chi connectivity index (χ2v) is 5.69. The van der Waals surface area contributed by atoms with Gasteiger partial charge in [-0.25, -0.2) is 8.78 Å². The Morgan fingerprint density at radius 2 is 1.80 bits per heavy atom. The summed E-state index contributed by atoms with van der Waals surface area (Å²) in [6, 6.07) is 10.00. The molecule has 2 aromatic rings. The molecule has 1 N–H and O–H groups in total. The third-order valence-corrected chi connectivity index (χ3v) is 4.27. The predicted molar refractivity (Wildman–Crippen MR) is 80.1 cm³/mol. The van der Waals surface area contributed by atoms with Gasteiger partial charge in [0.1, 0.15) is 11.6 Å². The Hall–Kier alpha value is -1.10. The highest BCUT2D eigenvalue weighted by Gasteiger charge is 2.12. The van der Waals surface area contributed by atoms with E-state index >= 15 is 0 Å². The molecule has 0 unspecified atom stereocenters. The lowest BCUT2D eigenvalue weighted by Gasteiger charge is -2.08. The third-order valence-electron chi connectivity index (χ3n) is 2.77. The van der Waals surface area contributed by atoms with E-state index in [1.807, 2.05) is 18.2 Å². The standard InChI is InChI=1S/C15H14ClF2NS/c1-19-8-10-6-13(17)15(14(18)7-10)20-9-11-4-2-3-5-12(11)16/h2-7,19H,8-9H2,1H3. The summed E-state index contributed by atoms with van der Waals surface area (Å²) in [7, 11) is 1.73. The SMILES string of the molecule is CNCc1cc(F)c(SCc2ccccc2Cl)c(F)c1. The van der Waals surface area contributed by atoms with Gasteiger partial charge in [0.05, 0.1) is 4.90 Å². The number of benzene rings is 2. The van der Waals surface area contributed by atoms with Crippen molar-refractivity contribution in [2.45, 2.75) is 17.2 Å². The second kappa shape index (κ2) is 7.07. The number of rotatable bonds is 5. The molecule has 0 aliphatic rings. The molecule has 106 valence electrons. The smallest absolute Gasteiger partial charge is 0.140 e. The van der Waals surface area contributed by atoms with E-state index < -0.39 is 11.6 Å². The first-order valence-electron chi connectivity index (χ1n) is 6.10. The van der Waals surface area contributed by atoms with Crippen LogP contribution in [-0.4, -0.2) is 7.05 Å². The maximum Gasteiger partial charge on any atom is 0.140 e. The largest absolute Gasteiger partial charge is 0.316 e. The minimum absolute atomic E-state index is 0.0322. The first kappa shape index (κ1) is 15.3. The van der Waals surface area contributed by atoms with Crippen molar-refractivity contribution >= 4 is 23.4 Å². The van der Waals surface area contributed by atoms with Gasteiger partial charge in [-0.1, -0.05) is 29.8 Å². The molecule has 2 rings (SSSR count). The van der Waals surface area contributed by atoms with Crippen LogP contribution in [0.4, 0.5) is 8.78 Å². The van der Waals surface area contributed by atoms with Crippen LogP contribution in [0.25, 0.3) is 0 Å². The van der Waals surface area contributed by atoms with Crippen molar-refractivity contribution in [3.05, 3.63) is 64.2 Å². The molecule has 0 aliphatic heterocycles. The molecule has 0 amide bonds. The van der Waals surface area contributed by atoms with Crippen LogP contribution in [0.2, 0.25) is 5.02 Å². The van der Waals surface area contributed by atoms with E-state index in [0.717, 1.165) is 17.3 Å². The molecular weight excluding hydrogens is 300 g/mol. The zero-order valence-electron chi connectivity index (χ0n) is 10.9. The third kappa shape index (κ3) is 3.72. The van der Waals surface area contributed by atoms with Crippen molar-refractivity contribution < 1.29 is 8.78 Å². The fourth-order valence-electron chi connectivity index (χ4n) is 1.82. The Morgan fingerprint density at radius 1 is 1.15 bits per heavy atom. The van der Waals surface area contributed by atoms with E-state index in [4.69, 9.17) is 11.6 Å². The van der Waals surface area contributed by atoms with Crippen LogP contribution in [0.5, 0.6) is 0 Å². The number of hydrogen-bond donors (Lipinski definition) is 1. The molecule has 5 heteroatoms. The minimum Gasteiger partial charge on any atom is -0.316 e. The highest BCUT2D eigenvalue weighted by Crippen LogP contribution is 2.31. The molecule has 0 radical (unpaired) electrons. The van der Waals surface area contributed by atoms with Crippen molar-refractivity contribution in [2.75, 3.05) is 7.05 Å². The fraction of sp³-hybridized carbons (Fsp3) is 0.200. The molecule has 2 aromatic carbocycles. The fourth-order valence-corrected chi connectivity index (χ4v) is 3.05. The van der Waals surface area contributed by atoms with Gasteiger partial charge in [-0.15, -0.1) is 11.8 Å². The molecule has 0 saturated heterocycles. The molecule has 0 aromatic heterocycles. The topological polar surface area (TPSA) is 12.0 Å². The Morgan fingerprint density at radius 3 is 2.40 bits per heavy atom. The van der Waals surface area contributed by atoms with Crippen LogP contribution < -0.4 is 5.32 Å². The summed E-state index contributed by atoms with van der Waals surface area (Å²) in [5, 5.41) is 3.47. The van der Waals surface area contributed by atoms with Gasteiger partial charge in [-0.2, -0.15) is 0 Å². The molecular formula is C15H14ClF2NS. The van der Waals surface area contributed by atoms with E-state index in [0.29, 0.717) is 22.9 Å². The van der Waals surface area contributed by atoms with Crippen LogP contribution in [0.3, 0.4) is 0 Å². The summed E-state index contributed by atoms with van der Waals surface area (Å²) in [6.07, 6.45) is 0. The normalized spacial score (nSPS) is 10.8. The van der Waals surface area contributed by atoms with E-state index in [1.54, 1.807) is 13.1 Å². The molecule has 0 aliphatic carbocycles. The van der Waals surface area contributed by atoms with Gasteiger partial charge < -0.3 is 5.32 Å². The average molecular weight is 314 g/mol. The number of halogens is 3. The van der Waals surface area contributed by atoms with E-state index in [-0.39, 0.29) is 4.90 Å². The van der Waals surface area contributed by atoms with Crippen LogP contribution in [0, 0.1) is 11.6 Å². The summed E-state index contributed by atoms with van der Waals surface area (Å²) >= 11 is 7.14. The first-order chi connectivity index (χ1) is 9.61. The van der Waals surface area contributed by atoms with Crippen molar-refractivity contribution in [3.63, 3.8) is 0 Å². The molecule has 20 heavy (non-hydrogen) atoms. The zero-order chi connectivity index (χ0) is 14.5. The van der Waals surface area contributed by atoms with Gasteiger partial charge in [-0.05, 0) is 36.4 Å². The molecule has 0 fully saturated rings. The lowest BCUT2D eigenvalue weighted by Crippen LogP contribution is -2.06. The van der Waals surface area contributed by atoms with E-state index in [2.05, 4.69) is 5.32 Å². The summed E-state index contributed by atoms with van der Waals surface area (Å²) in [4.78, 5) is 0.0322. The van der Waals surface area contributed by atoms with Crippen molar-refractivity contribution in [1.82, 2.24) is 5.32 Å². The second-order valence-electron chi connectivity index (χ2n) is 4.30. The lowest BCUT2D eigenvalue weighted by molar-refractivity contribution is 0.536. The molecule has 0 bridgehead atoms. The van der Waals surface area contributed by atoms with Gasteiger partial charge in [0.2, 0.25) is 0 Å². The number of hydrogen-bond acceptors (Lipinski definition) is 2. The van der Waals surface area contributed by atoms with E-state index in [1.165, 1.54) is 12.1 Å². The van der Waals surface area contributed by atoms with Crippen LogP contribution in [0.1, 0.15) is 11.1 Å². The quantitative estimate of drug-likeness (QED) is 0.808. The maximum absolute atomic E-state index is 13.9. The zero-order valence-corrected chi connectivity index (χ0v) is 12.5. The monoisotopic (exact) mass is 313 g/mol. The molecule has 1 nitrogen and oxygen atoms in total. The highest BCUT2D eigenvalue weighted by atomic mass is 35.5. The molecule has 0 spiro atoms. The van der Waals surface area contributed by atoms with E-state index in [9.17, 15) is 8.78 Å². The maximum atomic E-state index is 13.9. The Kier molecular flexibility index (Phi) is 5.40. The Labute approximate surface area is 126 Å². The molecule has 0 saturated carbocycles. The highest BCUT2D eigenvalue weighted by molar-refractivity contribution is 7.98. The molecule has 0 heterocycles. The Bertz CT molecular complexity index is 581.